The van der Waals surface area contributed by atoms with Gasteiger partial charge in [0.2, 0.25) is 0 Å². The summed E-state index contributed by atoms with van der Waals surface area (Å²) >= 11 is 10.9. The predicted molar refractivity (Wildman–Crippen MR) is 62.9 cm³/mol. The molecule has 5 heteroatoms. The van der Waals surface area contributed by atoms with Gasteiger partial charge in [0.1, 0.15) is 4.34 Å². The molecule has 14 heavy (non-hydrogen) atoms. The highest BCUT2D eigenvalue weighted by atomic mass is 79.9. The summed E-state index contributed by atoms with van der Waals surface area (Å²) in [5, 5.41) is 12.5. The van der Waals surface area contributed by atoms with Crippen LogP contribution in [-0.2, 0) is 6.54 Å². The lowest BCUT2D eigenvalue weighted by atomic mass is 10.3. The lowest BCUT2D eigenvalue weighted by molar-refractivity contribution is 0.230. The fourth-order valence-electron chi connectivity index (χ4n) is 1.29. The van der Waals surface area contributed by atoms with Crippen molar-refractivity contribution in [1.82, 2.24) is 5.32 Å². The van der Waals surface area contributed by atoms with Gasteiger partial charge >= 0.3 is 0 Å². The van der Waals surface area contributed by atoms with Crippen LogP contribution in [0.25, 0.3) is 0 Å². The lowest BCUT2D eigenvalue weighted by Gasteiger charge is -2.12. The van der Waals surface area contributed by atoms with Gasteiger partial charge in [0, 0.05) is 21.4 Å². The maximum atomic E-state index is 9.10. The number of halogens is 2. The molecule has 2 nitrogen and oxygen atoms in total. The molecule has 0 amide bonds. The molecule has 1 heterocycles. The lowest BCUT2D eigenvalue weighted by Crippen LogP contribution is -2.33. The van der Waals surface area contributed by atoms with Crippen LogP contribution in [0, 0.1) is 0 Å². The molecule has 1 saturated carbocycles. The third-order valence-electron chi connectivity index (χ3n) is 2.49. The van der Waals surface area contributed by atoms with Gasteiger partial charge in [-0.15, -0.1) is 11.3 Å². The Kier molecular flexibility index (Phi) is 3.19. The molecule has 0 atom stereocenters. The summed E-state index contributed by atoms with van der Waals surface area (Å²) in [6.45, 7) is 1.02. The number of hydrogen-bond acceptors (Lipinski definition) is 3. The van der Waals surface area contributed by atoms with E-state index in [2.05, 4.69) is 21.2 Å². The fourth-order valence-corrected chi connectivity index (χ4v) is 3.03. The van der Waals surface area contributed by atoms with Gasteiger partial charge in [-0.05, 0) is 34.8 Å². The van der Waals surface area contributed by atoms with E-state index in [9.17, 15) is 0 Å². The molecular weight excluding hydrogens is 286 g/mol. The molecule has 0 unspecified atom stereocenters. The first kappa shape index (κ1) is 10.9. The number of thiophene rings is 1. The van der Waals surface area contributed by atoms with E-state index >= 15 is 0 Å². The maximum Gasteiger partial charge on any atom is 0.107 e. The quantitative estimate of drug-likeness (QED) is 0.895. The predicted octanol–water partition coefficient (Wildman–Crippen LogP) is 2.78. The van der Waals surface area contributed by atoms with E-state index < -0.39 is 0 Å². The van der Waals surface area contributed by atoms with Gasteiger partial charge in [0.05, 0.1) is 6.61 Å². The molecule has 0 aromatic carbocycles. The minimum atomic E-state index is 0.00292. The van der Waals surface area contributed by atoms with Crippen molar-refractivity contribution in [2.24, 2.45) is 0 Å². The van der Waals surface area contributed by atoms with Crippen LogP contribution in [0.1, 0.15) is 17.7 Å². The Morgan fingerprint density at radius 1 is 1.64 bits per heavy atom. The Balaban J connectivity index is 1.92. The van der Waals surface area contributed by atoms with Crippen molar-refractivity contribution >= 4 is 38.9 Å². The second kappa shape index (κ2) is 4.10. The van der Waals surface area contributed by atoms with Crippen molar-refractivity contribution < 1.29 is 5.11 Å². The van der Waals surface area contributed by atoms with Crippen LogP contribution < -0.4 is 5.32 Å². The SMILES string of the molecule is OCC1(NCc2cc(Br)c(Cl)s2)CC1. The van der Waals surface area contributed by atoms with Crippen LogP contribution in [0.5, 0.6) is 0 Å². The monoisotopic (exact) mass is 295 g/mol. The van der Waals surface area contributed by atoms with E-state index in [0.717, 1.165) is 28.2 Å². The van der Waals surface area contributed by atoms with Crippen LogP contribution in [-0.4, -0.2) is 17.3 Å². The maximum absolute atomic E-state index is 9.10. The average Bonchev–Trinajstić information content (AvgIpc) is 2.88. The zero-order valence-electron chi connectivity index (χ0n) is 7.52. The summed E-state index contributed by atoms with van der Waals surface area (Å²) in [5.74, 6) is 0. The number of aliphatic hydroxyl groups excluding tert-OH is 1. The molecular formula is C9H11BrClNOS. The second-order valence-corrected chi connectivity index (χ2v) is 6.22. The number of rotatable bonds is 4. The Labute approximate surface area is 100 Å². The number of nitrogens with one attached hydrogen (secondary N) is 1. The van der Waals surface area contributed by atoms with Crippen molar-refractivity contribution in [1.29, 1.82) is 0 Å². The second-order valence-electron chi connectivity index (χ2n) is 3.63. The highest BCUT2D eigenvalue weighted by Gasteiger charge is 2.41. The van der Waals surface area contributed by atoms with Crippen molar-refractivity contribution in [2.45, 2.75) is 24.9 Å². The summed E-state index contributed by atoms with van der Waals surface area (Å²) in [6.07, 6.45) is 2.15. The van der Waals surface area contributed by atoms with Gasteiger partial charge in [-0.2, -0.15) is 0 Å². The summed E-state index contributed by atoms with van der Waals surface area (Å²) in [4.78, 5) is 1.20. The first-order valence-corrected chi connectivity index (χ1v) is 6.44. The highest BCUT2D eigenvalue weighted by Crippen LogP contribution is 2.36. The Bertz CT molecular complexity index is 318. The van der Waals surface area contributed by atoms with Crippen molar-refractivity contribution in [3.63, 3.8) is 0 Å². The minimum Gasteiger partial charge on any atom is -0.394 e. The molecule has 1 aromatic heterocycles. The standard InChI is InChI=1S/C9H11BrClNOS/c10-7-3-6(14-8(7)11)4-12-9(5-13)1-2-9/h3,12-13H,1-2,4-5H2. The largest absolute Gasteiger partial charge is 0.394 e. The normalized spacial score (nSPS) is 18.5. The van der Waals surface area contributed by atoms with Crippen LogP contribution >= 0.6 is 38.9 Å². The van der Waals surface area contributed by atoms with Crippen LogP contribution in [0.15, 0.2) is 10.5 Å². The molecule has 78 valence electrons. The van der Waals surface area contributed by atoms with E-state index in [1.807, 2.05) is 6.07 Å². The zero-order chi connectivity index (χ0) is 10.2. The number of aliphatic hydroxyl groups is 1. The summed E-state index contributed by atoms with van der Waals surface area (Å²) in [7, 11) is 0. The molecule has 2 rings (SSSR count). The number of hydrogen-bond donors (Lipinski definition) is 2. The van der Waals surface area contributed by atoms with Crippen molar-refractivity contribution in [3.8, 4) is 0 Å². The molecule has 1 fully saturated rings. The third-order valence-corrected chi connectivity index (χ3v) is 4.96. The average molecular weight is 297 g/mol. The first-order valence-electron chi connectivity index (χ1n) is 4.45. The van der Waals surface area contributed by atoms with Crippen LogP contribution in [0.4, 0.5) is 0 Å². The van der Waals surface area contributed by atoms with E-state index in [1.165, 1.54) is 4.88 Å². The molecule has 1 aliphatic carbocycles. The van der Waals surface area contributed by atoms with Gasteiger partial charge in [-0.25, -0.2) is 0 Å². The summed E-state index contributed by atoms with van der Waals surface area (Å²) in [6, 6.07) is 2.02. The molecule has 0 bridgehead atoms. The Hall–Kier alpha value is 0.390. The van der Waals surface area contributed by atoms with Gasteiger partial charge in [0.25, 0.3) is 0 Å². The molecule has 0 spiro atoms. The van der Waals surface area contributed by atoms with Gasteiger partial charge in [-0.1, -0.05) is 11.6 Å². The summed E-state index contributed by atoms with van der Waals surface area (Å²) < 4.78 is 1.74. The Morgan fingerprint density at radius 3 is 2.79 bits per heavy atom. The van der Waals surface area contributed by atoms with Crippen molar-refractivity contribution in [2.75, 3.05) is 6.61 Å². The molecule has 1 aliphatic rings. The Morgan fingerprint density at radius 2 is 2.36 bits per heavy atom. The van der Waals surface area contributed by atoms with E-state index in [4.69, 9.17) is 16.7 Å². The van der Waals surface area contributed by atoms with E-state index in [1.54, 1.807) is 11.3 Å². The summed E-state index contributed by atoms with van der Waals surface area (Å²) in [5.41, 5.74) is 0.00292. The first-order chi connectivity index (χ1) is 6.65. The molecule has 0 saturated heterocycles. The smallest absolute Gasteiger partial charge is 0.107 e. The molecule has 0 radical (unpaired) electrons. The fraction of sp³-hybridized carbons (Fsp3) is 0.556. The van der Waals surface area contributed by atoms with Gasteiger partial charge in [-0.3, -0.25) is 0 Å². The van der Waals surface area contributed by atoms with Crippen molar-refractivity contribution in [3.05, 3.63) is 19.8 Å². The van der Waals surface area contributed by atoms with Crippen LogP contribution in [0.2, 0.25) is 4.34 Å². The van der Waals surface area contributed by atoms with Gasteiger partial charge in [0.15, 0.2) is 0 Å². The molecule has 0 aliphatic heterocycles. The third kappa shape index (κ3) is 2.31. The zero-order valence-corrected chi connectivity index (χ0v) is 10.7. The highest BCUT2D eigenvalue weighted by molar-refractivity contribution is 9.10. The molecule has 1 aromatic rings. The minimum absolute atomic E-state index is 0.00292. The van der Waals surface area contributed by atoms with Gasteiger partial charge < -0.3 is 10.4 Å². The topological polar surface area (TPSA) is 32.3 Å². The van der Waals surface area contributed by atoms with E-state index in [0.29, 0.717) is 0 Å². The van der Waals surface area contributed by atoms with E-state index in [-0.39, 0.29) is 12.1 Å². The van der Waals surface area contributed by atoms with Crippen LogP contribution in [0.3, 0.4) is 0 Å². The molecule has 2 N–H and O–H groups in total.